The second kappa shape index (κ2) is 8.69. The van der Waals surface area contributed by atoms with E-state index < -0.39 is 12.1 Å². The van der Waals surface area contributed by atoms with E-state index in [1.807, 2.05) is 36.4 Å². The van der Waals surface area contributed by atoms with Crippen LogP contribution >= 0.6 is 22.9 Å². The highest BCUT2D eigenvalue weighted by atomic mass is 35.5. The third-order valence-corrected chi connectivity index (χ3v) is 6.83. The fourth-order valence-electron chi connectivity index (χ4n) is 4.07. The van der Waals surface area contributed by atoms with Crippen molar-refractivity contribution in [1.29, 1.82) is 0 Å². The topological polar surface area (TPSA) is 88.5 Å². The van der Waals surface area contributed by atoms with Crippen LogP contribution in [-0.2, 0) is 4.74 Å². The maximum Gasteiger partial charge on any atom is 0.413 e. The summed E-state index contributed by atoms with van der Waals surface area (Å²) in [5.74, 6) is -1.28. The van der Waals surface area contributed by atoms with Crippen LogP contribution < -0.4 is 5.32 Å². The first kappa shape index (κ1) is 21.2. The standard InChI is InChI=1S/C25H17ClN2O4S/c26-20-12-6-5-11-18(20)22-21(23(29)30)27-24(33-22)28-25(31)32-13-19-16-9-3-1-7-14(16)15-8-2-4-10-17(15)19/h1-12,19H,13H2,(H,29,30)(H,27,28,31). The highest BCUT2D eigenvalue weighted by Crippen LogP contribution is 2.44. The SMILES string of the molecule is O=C(Nc1nc(C(=O)O)c(-c2ccccc2Cl)s1)OCC1c2ccccc2-c2ccccc21. The molecule has 1 aromatic heterocycles. The van der Waals surface area contributed by atoms with Crippen molar-refractivity contribution in [3.8, 4) is 21.6 Å². The molecule has 8 heteroatoms. The van der Waals surface area contributed by atoms with Gasteiger partial charge in [0.05, 0.1) is 4.88 Å². The minimum absolute atomic E-state index is 0.0762. The van der Waals surface area contributed by atoms with E-state index in [9.17, 15) is 14.7 Å². The van der Waals surface area contributed by atoms with Crippen LogP contribution in [-0.4, -0.2) is 28.8 Å². The van der Waals surface area contributed by atoms with E-state index in [0.717, 1.165) is 33.6 Å². The van der Waals surface area contributed by atoms with Crippen LogP contribution in [0.5, 0.6) is 0 Å². The van der Waals surface area contributed by atoms with Gasteiger partial charge in [-0.15, -0.1) is 0 Å². The zero-order valence-electron chi connectivity index (χ0n) is 17.1. The Morgan fingerprint density at radius 1 is 0.939 bits per heavy atom. The molecule has 0 spiro atoms. The number of fused-ring (bicyclic) bond motifs is 3. The van der Waals surface area contributed by atoms with Crippen LogP contribution in [0.3, 0.4) is 0 Å². The molecule has 0 radical (unpaired) electrons. The van der Waals surface area contributed by atoms with Gasteiger partial charge in [-0.25, -0.2) is 14.6 Å². The molecular weight excluding hydrogens is 460 g/mol. The number of ether oxygens (including phenoxy) is 1. The molecule has 0 unspecified atom stereocenters. The number of rotatable bonds is 5. The monoisotopic (exact) mass is 476 g/mol. The molecule has 1 aliphatic carbocycles. The van der Waals surface area contributed by atoms with E-state index >= 15 is 0 Å². The Hall–Kier alpha value is -3.68. The summed E-state index contributed by atoms with van der Waals surface area (Å²) in [6, 6.07) is 23.0. The molecule has 5 rings (SSSR count). The fourth-order valence-corrected chi connectivity index (χ4v) is 5.34. The summed E-state index contributed by atoms with van der Waals surface area (Å²) in [4.78, 5) is 28.7. The lowest BCUT2D eigenvalue weighted by Crippen LogP contribution is -2.18. The van der Waals surface area contributed by atoms with Gasteiger partial charge in [-0.1, -0.05) is 89.7 Å². The molecule has 1 amide bonds. The van der Waals surface area contributed by atoms with Crippen molar-refractivity contribution < 1.29 is 19.4 Å². The van der Waals surface area contributed by atoms with E-state index in [1.165, 1.54) is 0 Å². The first-order valence-electron chi connectivity index (χ1n) is 10.1. The zero-order chi connectivity index (χ0) is 22.9. The summed E-state index contributed by atoms with van der Waals surface area (Å²) in [5.41, 5.74) is 4.84. The van der Waals surface area contributed by atoms with Crippen molar-refractivity contribution in [3.63, 3.8) is 0 Å². The molecule has 0 bridgehead atoms. The number of nitrogens with zero attached hydrogens (tertiary/aromatic N) is 1. The lowest BCUT2D eigenvalue weighted by Gasteiger charge is -2.14. The Morgan fingerprint density at radius 2 is 1.52 bits per heavy atom. The zero-order valence-corrected chi connectivity index (χ0v) is 18.7. The summed E-state index contributed by atoms with van der Waals surface area (Å²) in [7, 11) is 0. The molecule has 1 heterocycles. The van der Waals surface area contributed by atoms with Crippen LogP contribution in [0.2, 0.25) is 5.02 Å². The average Bonchev–Trinajstić information content (AvgIpc) is 3.37. The molecule has 164 valence electrons. The van der Waals surface area contributed by atoms with Crippen LogP contribution in [0.1, 0.15) is 27.5 Å². The van der Waals surface area contributed by atoms with Crippen molar-refractivity contribution in [1.82, 2.24) is 4.98 Å². The van der Waals surface area contributed by atoms with Crippen LogP contribution in [0, 0.1) is 0 Å². The molecule has 0 atom stereocenters. The van der Waals surface area contributed by atoms with Crippen LogP contribution in [0.4, 0.5) is 9.93 Å². The number of nitrogens with one attached hydrogen (secondary N) is 1. The number of carboxylic acid groups (broad SMARTS) is 1. The van der Waals surface area contributed by atoms with Gasteiger partial charge in [0.25, 0.3) is 0 Å². The van der Waals surface area contributed by atoms with Crippen molar-refractivity contribution in [2.24, 2.45) is 0 Å². The van der Waals surface area contributed by atoms with Crippen molar-refractivity contribution in [2.75, 3.05) is 11.9 Å². The quantitative estimate of drug-likeness (QED) is 0.342. The lowest BCUT2D eigenvalue weighted by molar-refractivity contribution is 0.0692. The van der Waals surface area contributed by atoms with Gasteiger partial charge in [0.15, 0.2) is 10.8 Å². The minimum Gasteiger partial charge on any atom is -0.476 e. The Kier molecular flexibility index (Phi) is 5.58. The van der Waals surface area contributed by atoms with Gasteiger partial charge in [-0.3, -0.25) is 5.32 Å². The van der Waals surface area contributed by atoms with E-state index in [-0.39, 0.29) is 23.4 Å². The van der Waals surface area contributed by atoms with Gasteiger partial charge in [0.2, 0.25) is 0 Å². The fraction of sp³-hybridized carbons (Fsp3) is 0.0800. The minimum atomic E-state index is -1.21. The number of hydrogen-bond donors (Lipinski definition) is 2. The Bertz CT molecular complexity index is 1340. The van der Waals surface area contributed by atoms with Gasteiger partial charge >= 0.3 is 12.1 Å². The first-order chi connectivity index (χ1) is 16.0. The third-order valence-electron chi connectivity index (χ3n) is 5.50. The summed E-state index contributed by atoms with van der Waals surface area (Å²) >= 11 is 7.26. The molecular formula is C25H17ClN2O4S. The van der Waals surface area contributed by atoms with Gasteiger partial charge in [0, 0.05) is 16.5 Å². The Morgan fingerprint density at radius 3 is 2.12 bits per heavy atom. The predicted molar refractivity (Wildman–Crippen MR) is 128 cm³/mol. The maximum atomic E-state index is 12.5. The molecule has 6 nitrogen and oxygen atoms in total. The molecule has 0 saturated heterocycles. The molecule has 33 heavy (non-hydrogen) atoms. The van der Waals surface area contributed by atoms with Crippen LogP contribution in [0.25, 0.3) is 21.6 Å². The van der Waals surface area contributed by atoms with Gasteiger partial charge in [0.1, 0.15) is 6.61 Å². The summed E-state index contributed by atoms with van der Waals surface area (Å²) in [6.45, 7) is 0.147. The normalized spacial score (nSPS) is 12.2. The van der Waals surface area contributed by atoms with Crippen molar-refractivity contribution >= 4 is 40.1 Å². The molecule has 0 aliphatic heterocycles. The summed E-state index contributed by atoms with van der Waals surface area (Å²) in [5, 5.41) is 12.6. The number of benzene rings is 3. The molecule has 0 saturated carbocycles. The van der Waals surface area contributed by atoms with Gasteiger partial charge in [-0.05, 0) is 28.3 Å². The third kappa shape index (κ3) is 3.97. The smallest absolute Gasteiger partial charge is 0.413 e. The highest BCUT2D eigenvalue weighted by Gasteiger charge is 2.29. The number of carboxylic acids is 1. The number of aromatic nitrogens is 1. The second-order valence-electron chi connectivity index (χ2n) is 7.43. The Balaban J connectivity index is 1.34. The maximum absolute atomic E-state index is 12.5. The molecule has 0 fully saturated rings. The number of amides is 1. The summed E-state index contributed by atoms with van der Waals surface area (Å²) < 4.78 is 5.53. The van der Waals surface area contributed by atoms with Crippen molar-refractivity contribution in [3.05, 3.63) is 94.6 Å². The number of carbonyl (C=O) groups is 2. The van der Waals surface area contributed by atoms with Crippen molar-refractivity contribution in [2.45, 2.75) is 5.92 Å². The van der Waals surface area contributed by atoms with E-state index in [4.69, 9.17) is 16.3 Å². The lowest BCUT2D eigenvalue weighted by atomic mass is 9.98. The van der Waals surface area contributed by atoms with E-state index in [2.05, 4.69) is 22.4 Å². The highest BCUT2D eigenvalue weighted by molar-refractivity contribution is 7.19. The second-order valence-corrected chi connectivity index (χ2v) is 8.84. The molecule has 2 N–H and O–H groups in total. The van der Waals surface area contributed by atoms with E-state index in [1.54, 1.807) is 24.3 Å². The molecule has 1 aliphatic rings. The predicted octanol–water partition coefficient (Wildman–Crippen LogP) is 6.52. The summed E-state index contributed by atoms with van der Waals surface area (Å²) in [6.07, 6.45) is -0.701. The average molecular weight is 477 g/mol. The van der Waals surface area contributed by atoms with Gasteiger partial charge < -0.3 is 9.84 Å². The van der Waals surface area contributed by atoms with Crippen LogP contribution in [0.15, 0.2) is 72.8 Å². The number of thiazole rings is 1. The molecule has 3 aromatic carbocycles. The number of halogens is 1. The number of hydrogen-bond acceptors (Lipinski definition) is 5. The number of carbonyl (C=O) groups excluding carboxylic acids is 1. The number of anilines is 1. The van der Waals surface area contributed by atoms with Gasteiger partial charge in [-0.2, -0.15) is 0 Å². The number of aromatic carboxylic acids is 1. The first-order valence-corrected chi connectivity index (χ1v) is 11.3. The largest absolute Gasteiger partial charge is 0.476 e. The van der Waals surface area contributed by atoms with E-state index in [0.29, 0.717) is 15.5 Å². The Labute approximate surface area is 198 Å². The molecule has 4 aromatic rings.